The lowest BCUT2D eigenvalue weighted by Gasteiger charge is -2.17. The molecule has 2 aromatic carbocycles. The van der Waals surface area contributed by atoms with Crippen LogP contribution in [-0.2, 0) is 17.9 Å². The number of halogens is 1. The highest BCUT2D eigenvalue weighted by Crippen LogP contribution is 2.32. The Morgan fingerprint density at radius 2 is 1.92 bits per heavy atom. The van der Waals surface area contributed by atoms with Crippen LogP contribution in [0, 0.1) is 5.82 Å². The molecule has 0 aromatic heterocycles. The lowest BCUT2D eigenvalue weighted by molar-refractivity contribution is -0.139. The van der Waals surface area contributed by atoms with Gasteiger partial charge in [-0.2, -0.15) is 0 Å². The first-order chi connectivity index (χ1) is 11.5. The van der Waals surface area contributed by atoms with Crippen molar-refractivity contribution < 1.29 is 23.8 Å². The highest BCUT2D eigenvalue weighted by atomic mass is 19.1. The van der Waals surface area contributed by atoms with Crippen molar-refractivity contribution in [3.63, 3.8) is 0 Å². The van der Waals surface area contributed by atoms with Crippen molar-refractivity contribution in [2.24, 2.45) is 0 Å². The summed E-state index contributed by atoms with van der Waals surface area (Å²) in [5.74, 6) is -0.305. The molecule has 5 nitrogen and oxygen atoms in total. The third-order valence-corrected chi connectivity index (χ3v) is 3.58. The second-order valence-corrected chi connectivity index (χ2v) is 5.27. The summed E-state index contributed by atoms with van der Waals surface area (Å²) in [5, 5.41) is 11.8. The molecule has 0 bridgehead atoms. The molecule has 0 heterocycles. The van der Waals surface area contributed by atoms with E-state index >= 15 is 0 Å². The van der Waals surface area contributed by atoms with Crippen LogP contribution in [0.2, 0.25) is 0 Å². The summed E-state index contributed by atoms with van der Waals surface area (Å²) in [6.07, 6.45) is 0. The number of para-hydroxylation sites is 1. The number of hydrogen-bond acceptors (Lipinski definition) is 4. The van der Waals surface area contributed by atoms with Crippen molar-refractivity contribution in [3.8, 4) is 11.5 Å². The summed E-state index contributed by atoms with van der Waals surface area (Å²) < 4.78 is 24.8. The van der Waals surface area contributed by atoms with E-state index in [9.17, 15) is 9.18 Å². The van der Waals surface area contributed by atoms with Crippen LogP contribution in [-0.4, -0.2) is 24.2 Å². The largest absolute Gasteiger partial charge is 0.493 e. The van der Waals surface area contributed by atoms with Gasteiger partial charge in [0.2, 0.25) is 0 Å². The molecule has 2 N–H and O–H groups in total. The van der Waals surface area contributed by atoms with Crippen LogP contribution in [0.15, 0.2) is 42.5 Å². The fourth-order valence-corrected chi connectivity index (χ4v) is 2.14. The second kappa shape index (κ2) is 8.31. The van der Waals surface area contributed by atoms with E-state index in [1.165, 1.54) is 13.2 Å². The van der Waals surface area contributed by atoms with Gasteiger partial charge in [0.25, 0.3) is 0 Å². The van der Waals surface area contributed by atoms with Crippen molar-refractivity contribution in [3.05, 3.63) is 59.4 Å². The Labute approximate surface area is 140 Å². The van der Waals surface area contributed by atoms with Crippen molar-refractivity contribution in [2.75, 3.05) is 7.11 Å². The fraction of sp³-hybridized carbons (Fsp3) is 0.278. The quantitative estimate of drug-likeness (QED) is 0.777. The summed E-state index contributed by atoms with van der Waals surface area (Å²) in [5.41, 5.74) is 1.17. The average Bonchev–Trinajstić information content (AvgIpc) is 2.58. The Kier molecular flexibility index (Phi) is 6.14. The second-order valence-electron chi connectivity index (χ2n) is 5.27. The molecular weight excluding hydrogens is 313 g/mol. The fourth-order valence-electron chi connectivity index (χ4n) is 2.14. The molecule has 24 heavy (non-hydrogen) atoms. The number of carbonyl (C=O) groups is 1. The average molecular weight is 333 g/mol. The smallest absolute Gasteiger partial charge is 0.320 e. The van der Waals surface area contributed by atoms with Crippen LogP contribution in [0.4, 0.5) is 4.39 Å². The Bertz CT molecular complexity index is 705. The third-order valence-electron chi connectivity index (χ3n) is 3.58. The highest BCUT2D eigenvalue weighted by molar-refractivity contribution is 5.72. The van der Waals surface area contributed by atoms with E-state index in [4.69, 9.17) is 14.6 Å². The highest BCUT2D eigenvalue weighted by Gasteiger charge is 2.15. The predicted octanol–water partition coefficient (Wildman–Crippen LogP) is 2.98. The molecule has 2 rings (SSSR count). The van der Waals surface area contributed by atoms with E-state index in [0.29, 0.717) is 17.1 Å². The van der Waals surface area contributed by atoms with Crippen LogP contribution in [0.5, 0.6) is 11.5 Å². The number of nitrogens with one attached hydrogen (secondary N) is 1. The van der Waals surface area contributed by atoms with E-state index in [-0.39, 0.29) is 19.0 Å². The van der Waals surface area contributed by atoms with E-state index in [0.717, 1.165) is 5.56 Å². The molecule has 1 unspecified atom stereocenters. The van der Waals surface area contributed by atoms with Gasteiger partial charge in [0.05, 0.1) is 7.11 Å². The molecule has 0 aliphatic carbocycles. The lowest BCUT2D eigenvalue weighted by atomic mass is 10.1. The normalized spacial score (nSPS) is 11.8. The zero-order chi connectivity index (χ0) is 17.5. The molecule has 128 valence electrons. The molecule has 0 aliphatic rings. The molecule has 1 atom stereocenters. The van der Waals surface area contributed by atoms with E-state index in [1.807, 2.05) is 0 Å². The SMILES string of the molecule is COc1cccc(CNC(C)C(=O)O)c1OCc1ccccc1F. The standard InChI is InChI=1S/C18H20FNO4/c1-12(18(21)22)20-10-13-7-5-9-16(23-2)17(13)24-11-14-6-3-4-8-15(14)19/h3-9,12,20H,10-11H2,1-2H3,(H,21,22). The Morgan fingerprint density at radius 3 is 2.58 bits per heavy atom. The minimum Gasteiger partial charge on any atom is -0.493 e. The number of benzene rings is 2. The number of aliphatic carboxylic acids is 1. The van der Waals surface area contributed by atoms with E-state index in [2.05, 4.69) is 5.32 Å². The molecule has 0 radical (unpaired) electrons. The summed E-state index contributed by atoms with van der Waals surface area (Å²) in [7, 11) is 1.52. The van der Waals surface area contributed by atoms with E-state index in [1.54, 1.807) is 43.3 Å². The molecule has 0 saturated heterocycles. The van der Waals surface area contributed by atoms with Gasteiger partial charge in [-0.3, -0.25) is 4.79 Å². The summed E-state index contributed by atoms with van der Waals surface area (Å²) in [6.45, 7) is 1.90. The molecule has 0 spiro atoms. The van der Waals surface area contributed by atoms with Gasteiger partial charge < -0.3 is 19.9 Å². The van der Waals surface area contributed by atoms with Gasteiger partial charge in [-0.25, -0.2) is 4.39 Å². The van der Waals surface area contributed by atoms with Gasteiger partial charge in [0.1, 0.15) is 18.5 Å². The molecule has 0 amide bonds. The zero-order valence-electron chi connectivity index (χ0n) is 13.6. The summed E-state index contributed by atoms with van der Waals surface area (Å²) in [4.78, 5) is 10.9. The molecule has 2 aromatic rings. The Balaban J connectivity index is 2.17. The molecule has 0 aliphatic heterocycles. The maximum Gasteiger partial charge on any atom is 0.320 e. The number of rotatable bonds is 8. The predicted molar refractivity (Wildman–Crippen MR) is 87.7 cm³/mol. The maximum absolute atomic E-state index is 13.7. The zero-order valence-corrected chi connectivity index (χ0v) is 13.6. The number of carboxylic acid groups (broad SMARTS) is 1. The first kappa shape index (κ1) is 17.7. The van der Waals surface area contributed by atoms with Crippen molar-refractivity contribution in [2.45, 2.75) is 26.1 Å². The van der Waals surface area contributed by atoms with Crippen molar-refractivity contribution in [1.82, 2.24) is 5.32 Å². The number of ether oxygens (including phenoxy) is 2. The molecular formula is C18H20FNO4. The molecule has 0 fully saturated rings. The summed E-state index contributed by atoms with van der Waals surface area (Å²) in [6, 6.07) is 11.0. The van der Waals surface area contributed by atoms with Crippen LogP contribution in [0.3, 0.4) is 0 Å². The van der Waals surface area contributed by atoms with Crippen LogP contribution in [0.1, 0.15) is 18.1 Å². The molecule has 6 heteroatoms. The van der Waals surface area contributed by atoms with Crippen LogP contribution >= 0.6 is 0 Å². The third kappa shape index (κ3) is 4.45. The molecule has 0 saturated carbocycles. The maximum atomic E-state index is 13.7. The minimum absolute atomic E-state index is 0.0501. The van der Waals surface area contributed by atoms with Crippen molar-refractivity contribution >= 4 is 5.97 Å². The van der Waals surface area contributed by atoms with Gasteiger partial charge >= 0.3 is 5.97 Å². The number of methoxy groups -OCH3 is 1. The van der Waals surface area contributed by atoms with Crippen molar-refractivity contribution in [1.29, 1.82) is 0 Å². The Hall–Kier alpha value is -2.60. The number of carboxylic acids is 1. The summed E-state index contributed by atoms with van der Waals surface area (Å²) >= 11 is 0. The van der Waals surface area contributed by atoms with Gasteiger partial charge in [0.15, 0.2) is 11.5 Å². The lowest BCUT2D eigenvalue weighted by Crippen LogP contribution is -2.33. The monoisotopic (exact) mass is 333 g/mol. The number of hydrogen-bond donors (Lipinski definition) is 2. The van der Waals surface area contributed by atoms with Gasteiger partial charge in [-0.1, -0.05) is 30.3 Å². The Morgan fingerprint density at radius 1 is 1.21 bits per heavy atom. The minimum atomic E-state index is -0.938. The van der Waals surface area contributed by atoms with Gasteiger partial charge in [0, 0.05) is 17.7 Å². The van der Waals surface area contributed by atoms with Crippen LogP contribution in [0.25, 0.3) is 0 Å². The van der Waals surface area contributed by atoms with Crippen LogP contribution < -0.4 is 14.8 Å². The first-order valence-electron chi connectivity index (χ1n) is 7.51. The van der Waals surface area contributed by atoms with Gasteiger partial charge in [-0.15, -0.1) is 0 Å². The van der Waals surface area contributed by atoms with E-state index < -0.39 is 12.0 Å². The topological polar surface area (TPSA) is 67.8 Å². The first-order valence-corrected chi connectivity index (χ1v) is 7.51. The van der Waals surface area contributed by atoms with Gasteiger partial charge in [-0.05, 0) is 19.1 Å².